The highest BCUT2D eigenvalue weighted by Gasteiger charge is 2.37. The van der Waals surface area contributed by atoms with Crippen molar-refractivity contribution >= 4 is 44.7 Å². The third kappa shape index (κ3) is 86.9. The number of hydrogen-bond donors (Lipinski definition) is 0. The molecule has 0 aliphatic heterocycles. The zero-order valence-electron chi connectivity index (χ0n) is 73.0. The Labute approximate surface area is 677 Å². The normalized spacial score (nSPS) is 14.2. The lowest BCUT2D eigenvalue weighted by molar-refractivity contribution is -0.968. The van der Waals surface area contributed by atoms with Crippen LogP contribution in [-0.4, -0.2) is 151 Å². The van der Waals surface area contributed by atoms with Crippen molar-refractivity contribution in [1.29, 1.82) is 0 Å². The van der Waals surface area contributed by atoms with Gasteiger partial charge in [0.15, 0.2) is 0 Å². The van der Waals surface area contributed by atoms with Gasteiger partial charge in [-0.05, 0) is 156 Å². The van der Waals surface area contributed by atoms with Crippen molar-refractivity contribution in [2.45, 2.75) is 439 Å². The van der Waals surface area contributed by atoms with Gasteiger partial charge in [-0.1, -0.05) is 282 Å². The number of unbranched alkanes of at least 4 members (excludes halogenated alkanes) is 44. The molecule has 0 rings (SSSR count). The standard InChI is InChI=1S/C88H166N2O8.2CH4O4S/c1-11-15-19-23-27-31-35-39-43-47-51-55-59-63-67-71-85(91)95-81(5)77-89(9,78-82(6)96-86(92)72-68-64-60-56-52-48-44-40-36-32-28-24-20-16-12-2)75-76-90(10,79-83(7)97-87(93)73-69-65-61-57-53-49-45-41-37-33-29-25-21-17-13-3)80-84(8)98-88(94)74-70-66-62-58-54-50-46-42-38-34-30-26-22-18-14-4;2*1-5-6(2,3)4/h39-46,81-84H,11-38,47-80H2,1-10H3;2*1H3,(H,2,3,4)/q+2;;/p-2/b43-39+,44-40+,45-41+,46-42+;;. The molecular weight excluding hydrogens is 1430 g/mol. The van der Waals surface area contributed by atoms with E-state index in [0.717, 1.165) is 117 Å². The molecule has 0 aromatic rings. The Morgan fingerprint density at radius 1 is 0.273 bits per heavy atom. The fourth-order valence-electron chi connectivity index (χ4n) is 14.1. The molecule has 0 aliphatic rings. The van der Waals surface area contributed by atoms with Crippen LogP contribution in [0.15, 0.2) is 48.6 Å². The largest absolute Gasteiger partial charge is 0.726 e. The summed E-state index contributed by atoms with van der Waals surface area (Å²) in [7, 11) is -2.82. The molecule has 0 spiro atoms. The van der Waals surface area contributed by atoms with Crippen LogP contribution in [0.3, 0.4) is 0 Å². The number of carbonyl (C=O) groups is 4. The molecule has 4 atom stereocenters. The zero-order valence-corrected chi connectivity index (χ0v) is 74.6. The molecule has 0 saturated heterocycles. The average molecular weight is 1600 g/mol. The average Bonchev–Trinajstić information content (AvgIpc) is 0.833. The van der Waals surface area contributed by atoms with Gasteiger partial charge in [-0.3, -0.25) is 27.5 Å². The molecule has 18 nitrogen and oxygen atoms in total. The maximum absolute atomic E-state index is 13.5. The maximum atomic E-state index is 13.5. The summed E-state index contributed by atoms with van der Waals surface area (Å²) >= 11 is 0. The van der Waals surface area contributed by atoms with E-state index in [2.05, 4.69) is 98.8 Å². The number of likely N-dealkylation sites (N-methyl/N-ethyl adjacent to an activating group) is 2. The van der Waals surface area contributed by atoms with Gasteiger partial charge in [0.2, 0.25) is 20.8 Å². The minimum Gasteiger partial charge on any atom is -0.726 e. The molecule has 0 bridgehead atoms. The van der Waals surface area contributed by atoms with E-state index in [4.69, 9.17) is 18.9 Å². The summed E-state index contributed by atoms with van der Waals surface area (Å²) in [6, 6.07) is 0. The molecule has 650 valence electrons. The number of hydrogen-bond acceptors (Lipinski definition) is 16. The van der Waals surface area contributed by atoms with E-state index in [9.17, 15) is 45.1 Å². The molecule has 4 unspecified atom stereocenters. The van der Waals surface area contributed by atoms with Crippen LogP contribution in [0, 0.1) is 0 Å². The van der Waals surface area contributed by atoms with Crippen LogP contribution >= 0.6 is 0 Å². The van der Waals surface area contributed by atoms with Gasteiger partial charge >= 0.3 is 23.9 Å². The molecule has 110 heavy (non-hydrogen) atoms. The Balaban J connectivity index is -0.00000875. The Hall–Kier alpha value is -3.50. The molecular formula is C90H172N2O16S2. The molecule has 20 heteroatoms. The van der Waals surface area contributed by atoms with Crippen LogP contribution in [0.1, 0.15) is 415 Å². The summed E-state index contributed by atoms with van der Waals surface area (Å²) in [5.74, 6) is -0.624. The zero-order chi connectivity index (χ0) is 82.4. The van der Waals surface area contributed by atoms with Crippen molar-refractivity contribution in [2.75, 3.05) is 67.6 Å². The van der Waals surface area contributed by atoms with Gasteiger partial charge in [0.25, 0.3) is 0 Å². The highest BCUT2D eigenvalue weighted by molar-refractivity contribution is 7.81. The minimum absolute atomic E-state index is 0.156. The number of esters is 4. The number of ether oxygens (including phenoxy) is 4. The predicted octanol–water partition coefficient (Wildman–Crippen LogP) is 23.9. The second kappa shape index (κ2) is 79.3. The van der Waals surface area contributed by atoms with Crippen LogP contribution in [-0.2, 0) is 67.3 Å². The predicted molar refractivity (Wildman–Crippen MR) is 455 cm³/mol. The molecule has 0 aliphatic carbocycles. The van der Waals surface area contributed by atoms with E-state index in [-0.39, 0.29) is 48.3 Å². The maximum Gasteiger partial charge on any atom is 0.306 e. The van der Waals surface area contributed by atoms with Crippen molar-refractivity contribution in [3.63, 3.8) is 0 Å². The number of carbonyl (C=O) groups excluding carboxylic acids is 4. The van der Waals surface area contributed by atoms with Crippen LogP contribution in [0.4, 0.5) is 0 Å². The van der Waals surface area contributed by atoms with Crippen molar-refractivity contribution in [3.05, 3.63) is 48.6 Å². The molecule has 0 N–H and O–H groups in total. The molecule has 0 saturated carbocycles. The summed E-state index contributed by atoms with van der Waals surface area (Å²) in [5, 5.41) is 0. The third-order valence-electron chi connectivity index (χ3n) is 20.3. The van der Waals surface area contributed by atoms with Crippen molar-refractivity contribution in [3.8, 4) is 0 Å². The second-order valence-electron chi connectivity index (χ2n) is 32.1. The molecule has 0 heterocycles. The third-order valence-corrected chi connectivity index (χ3v) is 21.1. The second-order valence-corrected chi connectivity index (χ2v) is 34.4. The Morgan fingerprint density at radius 2 is 0.409 bits per heavy atom. The monoisotopic (exact) mass is 1600 g/mol. The Morgan fingerprint density at radius 3 is 0.555 bits per heavy atom. The van der Waals surface area contributed by atoms with Crippen LogP contribution < -0.4 is 0 Å². The van der Waals surface area contributed by atoms with E-state index in [0.29, 0.717) is 73.9 Å². The molecule has 0 amide bonds. The van der Waals surface area contributed by atoms with Crippen molar-refractivity contribution in [1.82, 2.24) is 0 Å². The van der Waals surface area contributed by atoms with Gasteiger partial charge < -0.3 is 37.0 Å². The van der Waals surface area contributed by atoms with Crippen LogP contribution in [0.25, 0.3) is 0 Å². The van der Waals surface area contributed by atoms with Crippen molar-refractivity contribution in [2.24, 2.45) is 0 Å². The fourth-order valence-corrected chi connectivity index (χ4v) is 14.1. The molecule has 0 aromatic carbocycles. The van der Waals surface area contributed by atoms with Gasteiger partial charge in [0, 0.05) is 25.7 Å². The Bertz CT molecular complexity index is 2160. The van der Waals surface area contributed by atoms with Gasteiger partial charge in [0.1, 0.15) is 63.7 Å². The summed E-state index contributed by atoms with van der Waals surface area (Å²) in [5.41, 5.74) is 0. The summed E-state index contributed by atoms with van der Waals surface area (Å²) in [6.07, 6.45) is 82.0. The smallest absolute Gasteiger partial charge is 0.306 e. The quantitative estimate of drug-likeness (QED) is 0.0105. The lowest BCUT2D eigenvalue weighted by Crippen LogP contribution is -2.61. The van der Waals surface area contributed by atoms with Crippen LogP contribution in [0.5, 0.6) is 0 Å². The van der Waals surface area contributed by atoms with Gasteiger partial charge in [-0.2, -0.15) is 0 Å². The van der Waals surface area contributed by atoms with Gasteiger partial charge in [-0.25, -0.2) is 16.8 Å². The number of allylic oxidation sites excluding steroid dienone is 8. The highest BCUT2D eigenvalue weighted by Crippen LogP contribution is 2.21. The first kappa shape index (κ1) is 111. The summed E-state index contributed by atoms with van der Waals surface area (Å²) in [4.78, 5) is 53.8. The Kier molecular flexibility index (Phi) is 79.8. The number of nitrogens with zero attached hydrogens (tertiary/aromatic N) is 2. The van der Waals surface area contributed by atoms with E-state index < -0.39 is 20.8 Å². The highest BCUT2D eigenvalue weighted by atomic mass is 32.3. The first-order valence-corrected chi connectivity index (χ1v) is 47.5. The molecule has 0 radical (unpaired) electrons. The van der Waals surface area contributed by atoms with E-state index >= 15 is 0 Å². The summed E-state index contributed by atoms with van der Waals surface area (Å²) in [6.45, 7) is 20.6. The van der Waals surface area contributed by atoms with Crippen LogP contribution in [0.2, 0.25) is 0 Å². The fraction of sp³-hybridized carbons (Fsp3) is 0.867. The van der Waals surface area contributed by atoms with E-state index in [1.54, 1.807) is 0 Å². The SMILES string of the molecule is CCCCCCCC/C=C/CCCCCCCC(=O)OC(C)C[N+](C)(CC[N+](C)(CC(C)OC(=O)CCCCCCC/C=C/CCCCCCCC)CC(C)OC(=O)CCCCCCC/C=C/CCCCCCCC)CC(C)OC(=O)CCCCCCC/C=C/CCCCCCCC.COS(=O)(=O)[O-].COS(=O)(=O)[O-]. The first-order chi connectivity index (χ1) is 52.7. The van der Waals surface area contributed by atoms with Gasteiger partial charge in [0.05, 0.1) is 28.3 Å². The molecule has 0 fully saturated rings. The molecule has 0 aromatic heterocycles. The van der Waals surface area contributed by atoms with E-state index in [1.807, 2.05) is 27.7 Å². The topological polar surface area (TPSA) is 238 Å². The lowest BCUT2D eigenvalue weighted by atomic mass is 10.1. The number of quaternary nitrogens is 2. The van der Waals surface area contributed by atoms with E-state index in [1.165, 1.54) is 231 Å². The van der Waals surface area contributed by atoms with Gasteiger partial charge in [-0.15, -0.1) is 0 Å². The van der Waals surface area contributed by atoms with Crippen molar-refractivity contribution < 1.29 is 81.4 Å². The summed E-state index contributed by atoms with van der Waals surface area (Å²) < 4.78 is 87.8. The first-order valence-electron chi connectivity index (χ1n) is 44.8. The lowest BCUT2D eigenvalue weighted by Gasteiger charge is -2.43. The number of rotatable bonds is 77. The minimum atomic E-state index is -4.41.